The zero-order valence-corrected chi connectivity index (χ0v) is 47.9. The highest BCUT2D eigenvalue weighted by Crippen LogP contribution is 2.52. The third-order valence-electron chi connectivity index (χ3n) is 14.8. The summed E-state index contributed by atoms with van der Waals surface area (Å²) < 4.78 is 40.0. The van der Waals surface area contributed by atoms with Crippen LogP contribution in [0.2, 0.25) is 23.2 Å². The smallest absolute Gasteiger partial charge is 0.330 e. The Morgan fingerprint density at radius 2 is 1.43 bits per heavy atom. The number of aryl methyl sites for hydroxylation is 2. The van der Waals surface area contributed by atoms with E-state index in [1.165, 1.54) is 76.0 Å². The van der Waals surface area contributed by atoms with Gasteiger partial charge in [-0.25, -0.2) is 14.6 Å². The van der Waals surface area contributed by atoms with Gasteiger partial charge >= 0.3 is 11.4 Å². The predicted octanol–water partition coefficient (Wildman–Crippen LogP) is 3.11. The molecule has 6 heterocycles. The highest BCUT2D eigenvalue weighted by atomic mass is 32.5. The first-order chi connectivity index (χ1) is 34.6. The molecule has 23 heteroatoms. The molecule has 0 radical (unpaired) electrons. The zero-order chi connectivity index (χ0) is 54.0. The van der Waals surface area contributed by atoms with Gasteiger partial charge in [-0.3, -0.25) is 28.7 Å². The Bertz CT molecular complexity index is 2870. The molecule has 3 fully saturated rings. The number of benzene rings is 2. The maximum atomic E-state index is 14.4. The summed E-state index contributed by atoms with van der Waals surface area (Å²) in [5.74, 6) is -2.58. The molecule has 3 saturated heterocycles. The van der Waals surface area contributed by atoms with Crippen molar-refractivity contribution in [2.45, 2.75) is 166 Å². The van der Waals surface area contributed by atoms with Gasteiger partial charge in [0.15, 0.2) is 14.6 Å². The number of nitrogens with one attached hydrogen (secondary N) is 4. The van der Waals surface area contributed by atoms with Crippen molar-refractivity contribution in [1.82, 2.24) is 24.5 Å². The molecule has 74 heavy (non-hydrogen) atoms. The van der Waals surface area contributed by atoms with Crippen LogP contribution in [0.5, 0.6) is 0 Å². The van der Waals surface area contributed by atoms with Crippen LogP contribution in [0.1, 0.15) is 110 Å². The highest BCUT2D eigenvalue weighted by Gasteiger charge is 2.56. The average molecular weight is 1100 g/mol. The molecule has 0 amide bonds. The molecule has 0 bridgehead atoms. The molecule has 6 N–H and O–H groups in total. The lowest BCUT2D eigenvalue weighted by molar-refractivity contribution is -0.910. The van der Waals surface area contributed by atoms with Crippen LogP contribution in [-0.2, 0) is 39.2 Å². The first kappa shape index (κ1) is 57.9. The van der Waals surface area contributed by atoms with E-state index in [1.807, 2.05) is 94.5 Å². The van der Waals surface area contributed by atoms with Crippen LogP contribution in [0.4, 0.5) is 0 Å². The summed E-state index contributed by atoms with van der Waals surface area (Å²) in [5.41, 5.74) is 2.80. The molecule has 8 rings (SSSR count). The minimum absolute atomic E-state index is 0.0278. The number of H-pyrrole nitrogens is 2. The third-order valence-corrected chi connectivity index (χ3v) is 25.9. The SMILES string of the molecule is C1=C2CCCCN[NH+]2CCC1.Cc1cn([C@H]2C[C@H](O[Si](C)(C)C(C)(C)C)[C@@H](C(O)OP([O-])(=S)O[C@]3(O)C[C@H](n4cc(C)c(=O)[nH]c4=O)O[C@@H]3CO[Si](c3ccccc3)(c3ccccc3)C(C)(C)C)O2)c(=O)[nH]c1=O. The molecular formula is C51H75N6O13PSSi2. The van der Waals surface area contributed by atoms with Crippen molar-refractivity contribution in [2.24, 2.45) is 0 Å². The van der Waals surface area contributed by atoms with Crippen LogP contribution < -0.4 is 48.2 Å². The number of aliphatic hydroxyl groups excluding tert-OH is 1. The minimum atomic E-state index is -4.97. The Hall–Kier alpha value is -3.82. The number of rotatable bonds is 14. The number of ether oxygens (including phenoxy) is 2. The van der Waals surface area contributed by atoms with Crippen LogP contribution in [0.25, 0.3) is 0 Å². The maximum Gasteiger partial charge on any atom is 0.330 e. The molecular weight excluding hydrogens is 1020 g/mol. The fraction of sp³-hybridized carbons (Fsp3) is 0.569. The van der Waals surface area contributed by atoms with Gasteiger partial charge in [-0.1, -0.05) is 114 Å². The van der Waals surface area contributed by atoms with E-state index in [9.17, 15) is 34.3 Å². The summed E-state index contributed by atoms with van der Waals surface area (Å²) in [4.78, 5) is 69.5. The van der Waals surface area contributed by atoms with Gasteiger partial charge in [0.1, 0.15) is 37.1 Å². The monoisotopic (exact) mass is 1100 g/mol. The van der Waals surface area contributed by atoms with Crippen molar-refractivity contribution in [3.63, 3.8) is 0 Å². The molecule has 4 aliphatic heterocycles. The lowest BCUT2D eigenvalue weighted by atomic mass is 10.1. The average Bonchev–Trinajstić information content (AvgIpc) is 3.77. The number of hydrogen-bond acceptors (Lipinski definition) is 15. The van der Waals surface area contributed by atoms with Gasteiger partial charge in [0.2, 0.25) is 5.79 Å². The molecule has 19 nitrogen and oxygen atoms in total. The molecule has 0 spiro atoms. The molecule has 0 saturated carbocycles. The number of aromatic nitrogens is 4. The summed E-state index contributed by atoms with van der Waals surface area (Å²) in [5, 5.41) is 26.8. The Kier molecular flexibility index (Phi) is 18.0. The van der Waals surface area contributed by atoms with Crippen molar-refractivity contribution in [3.8, 4) is 0 Å². The second-order valence-corrected chi connectivity index (χ2v) is 34.0. The van der Waals surface area contributed by atoms with E-state index in [0.29, 0.717) is 0 Å². The van der Waals surface area contributed by atoms with Crippen LogP contribution in [0.15, 0.2) is 104 Å². The largest absolute Gasteiger partial charge is 0.780 e. The van der Waals surface area contributed by atoms with E-state index in [0.717, 1.165) is 14.9 Å². The number of aromatic amines is 2. The molecule has 4 aliphatic rings. The van der Waals surface area contributed by atoms with Gasteiger partial charge in [-0.05, 0) is 72.7 Å². The van der Waals surface area contributed by atoms with E-state index < -0.39 is 100 Å². The van der Waals surface area contributed by atoms with Crippen molar-refractivity contribution >= 4 is 45.5 Å². The normalized spacial score (nSPS) is 26.0. The van der Waals surface area contributed by atoms with E-state index >= 15 is 0 Å². The van der Waals surface area contributed by atoms with E-state index in [-0.39, 0.29) is 29.2 Å². The van der Waals surface area contributed by atoms with Crippen LogP contribution in [0.3, 0.4) is 0 Å². The number of allylic oxidation sites excluding steroid dienone is 2. The predicted molar refractivity (Wildman–Crippen MR) is 287 cm³/mol. The van der Waals surface area contributed by atoms with Crippen molar-refractivity contribution in [3.05, 3.63) is 138 Å². The van der Waals surface area contributed by atoms with Crippen molar-refractivity contribution in [2.75, 3.05) is 19.7 Å². The van der Waals surface area contributed by atoms with Gasteiger partial charge in [0.25, 0.3) is 19.4 Å². The fourth-order valence-electron chi connectivity index (χ4n) is 9.86. The lowest BCUT2D eigenvalue weighted by Gasteiger charge is -2.44. The number of aliphatic hydroxyl groups is 2. The molecule has 2 aromatic heterocycles. The lowest BCUT2D eigenvalue weighted by Crippen LogP contribution is -3.17. The van der Waals surface area contributed by atoms with Gasteiger partial charge < -0.3 is 42.5 Å². The Morgan fingerprint density at radius 1 is 0.865 bits per heavy atom. The second kappa shape index (κ2) is 23.0. The van der Waals surface area contributed by atoms with Crippen LogP contribution >= 0.6 is 6.72 Å². The molecule has 406 valence electrons. The highest BCUT2D eigenvalue weighted by molar-refractivity contribution is 8.06. The number of nitrogens with zero attached hydrogens (tertiary/aromatic N) is 2. The van der Waals surface area contributed by atoms with Crippen LogP contribution in [-0.4, -0.2) is 96.0 Å². The summed E-state index contributed by atoms with van der Waals surface area (Å²) >= 11 is 5.39. The minimum Gasteiger partial charge on any atom is -0.780 e. The summed E-state index contributed by atoms with van der Waals surface area (Å²) in [7, 11) is -5.90. The van der Waals surface area contributed by atoms with Crippen molar-refractivity contribution in [1.29, 1.82) is 0 Å². The van der Waals surface area contributed by atoms with Gasteiger partial charge in [-0.2, -0.15) is 5.43 Å². The number of quaternary nitrogens is 1. The Morgan fingerprint density at radius 3 is 1.99 bits per heavy atom. The summed E-state index contributed by atoms with van der Waals surface area (Å²) in [6.45, 7) is 16.4. The fourth-order valence-corrected chi connectivity index (χ4v) is 17.4. The topological polar surface area (TPSA) is 245 Å². The van der Waals surface area contributed by atoms with E-state index in [1.54, 1.807) is 10.7 Å². The maximum absolute atomic E-state index is 14.4. The molecule has 3 unspecified atom stereocenters. The Labute approximate surface area is 439 Å². The van der Waals surface area contributed by atoms with Gasteiger partial charge in [0, 0.05) is 49.3 Å². The number of hydrogen-bond donors (Lipinski definition) is 6. The zero-order valence-electron chi connectivity index (χ0n) is 44.2. The standard InChI is InChI=1S/C42H59N4O13PSSi2.C9H16N2/c1-26-23-45(38(50)43-35(26)47)32-21-30(58-62(9,10)40(3,4)5)34(56-32)37(49)57-60(53,61)59-42(52)22-33(46-24-27(2)36(48)44-39(46)51)55-31(42)25-54-63(41(6,7)8,28-17-13-11-14-18-28)29-19-15-12-16-20-29;1-3-7-10-11-8-4-2-6-9(11)5-1/h11-20,23-24,30-34,37,49,52H,21-22,25H2,1-10H3,(H,53,61)(H,43,47,50)(H,44,48,51);6,10H,1-5,7-8H2/t30-,31+,32+,33+,34-,37?,42+,60?;/m0./s1. The Balaban J connectivity index is 0.000000637. The molecule has 2 aromatic carbocycles. The second-order valence-electron chi connectivity index (χ2n) is 22.3. The van der Waals surface area contributed by atoms with Crippen molar-refractivity contribution < 1.29 is 47.5 Å². The first-order valence-corrected chi connectivity index (χ1v) is 32.8. The van der Waals surface area contributed by atoms with Gasteiger partial charge in [0.05, 0.1) is 25.7 Å². The van der Waals surface area contributed by atoms with E-state index in [4.69, 9.17) is 39.2 Å². The number of fused-ring (bicyclic) bond motifs is 1. The molecule has 9 atom stereocenters. The van der Waals surface area contributed by atoms with Crippen LogP contribution in [0, 0.1) is 13.8 Å². The molecule has 4 aromatic rings. The summed E-state index contributed by atoms with van der Waals surface area (Å²) in [6, 6.07) is 19.4. The summed E-state index contributed by atoms with van der Waals surface area (Å²) in [6.07, 6.45) is 3.02. The quantitative estimate of drug-likeness (QED) is 0.0604. The third kappa shape index (κ3) is 12.9. The molecule has 0 aliphatic carbocycles. The van der Waals surface area contributed by atoms with E-state index in [2.05, 4.69) is 42.2 Å². The van der Waals surface area contributed by atoms with Gasteiger partial charge in [-0.15, -0.1) is 0 Å². The first-order valence-electron chi connectivity index (χ1n) is 25.4.